The third kappa shape index (κ3) is 1.41. The van der Waals surface area contributed by atoms with E-state index in [0.29, 0.717) is 0 Å². The lowest BCUT2D eigenvalue weighted by atomic mass is 10.5. The molecule has 2 heterocycles. The molecule has 12 heavy (non-hydrogen) atoms. The molecule has 0 radical (unpaired) electrons. The number of nitrogens with zero attached hydrogens (tertiary/aromatic N) is 1. The van der Waals surface area contributed by atoms with Crippen LogP contribution in [0.15, 0.2) is 23.7 Å². The fourth-order valence-electron chi connectivity index (χ4n) is 0.895. The van der Waals surface area contributed by atoms with E-state index in [1.165, 1.54) is 16.2 Å². The molecular formula is C8H7NOS2. The molecular weight excluding hydrogens is 190 g/mol. The summed E-state index contributed by atoms with van der Waals surface area (Å²) in [5.41, 5.74) is 0. The summed E-state index contributed by atoms with van der Waals surface area (Å²) >= 11 is 3.21. The number of aromatic nitrogens is 1. The summed E-state index contributed by atoms with van der Waals surface area (Å²) in [6.07, 6.45) is 1.72. The van der Waals surface area contributed by atoms with Crippen molar-refractivity contribution in [3.8, 4) is 9.88 Å². The van der Waals surface area contributed by atoms with E-state index in [1.54, 1.807) is 17.5 Å². The maximum absolute atomic E-state index is 8.82. The van der Waals surface area contributed by atoms with Gasteiger partial charge in [0.25, 0.3) is 0 Å². The van der Waals surface area contributed by atoms with Crippen molar-refractivity contribution in [3.63, 3.8) is 0 Å². The Kier molecular flexibility index (Phi) is 2.21. The fraction of sp³-hybridized carbons (Fsp3) is 0.125. The maximum atomic E-state index is 8.82. The molecule has 0 saturated heterocycles. The van der Waals surface area contributed by atoms with Crippen molar-refractivity contribution in [1.82, 2.24) is 4.98 Å². The van der Waals surface area contributed by atoms with Crippen LogP contribution in [0.3, 0.4) is 0 Å². The highest BCUT2D eigenvalue weighted by Crippen LogP contribution is 2.28. The normalized spacial score (nSPS) is 10.4. The van der Waals surface area contributed by atoms with Crippen molar-refractivity contribution < 1.29 is 5.11 Å². The second-order valence-electron chi connectivity index (χ2n) is 2.27. The predicted octanol–water partition coefficient (Wildman–Crippen LogP) is 2.36. The summed E-state index contributed by atoms with van der Waals surface area (Å²) < 4.78 is 0. The first kappa shape index (κ1) is 7.91. The molecule has 0 amide bonds. The number of hydrogen-bond donors (Lipinski definition) is 1. The Balaban J connectivity index is 2.35. The number of thiazole rings is 1. The van der Waals surface area contributed by atoms with E-state index >= 15 is 0 Å². The van der Waals surface area contributed by atoms with Crippen LogP contribution in [0.25, 0.3) is 9.88 Å². The van der Waals surface area contributed by atoms with Gasteiger partial charge in [-0.1, -0.05) is 6.07 Å². The molecule has 0 unspecified atom stereocenters. The Hall–Kier alpha value is -0.710. The Morgan fingerprint density at radius 2 is 2.42 bits per heavy atom. The van der Waals surface area contributed by atoms with Gasteiger partial charge >= 0.3 is 0 Å². The molecule has 62 valence electrons. The monoisotopic (exact) mass is 197 g/mol. The third-order valence-electron chi connectivity index (χ3n) is 1.44. The summed E-state index contributed by atoms with van der Waals surface area (Å²) in [7, 11) is 0. The average molecular weight is 197 g/mol. The molecule has 0 aliphatic heterocycles. The van der Waals surface area contributed by atoms with E-state index < -0.39 is 0 Å². The molecule has 0 fully saturated rings. The van der Waals surface area contributed by atoms with Gasteiger partial charge in [0, 0.05) is 6.20 Å². The molecule has 0 spiro atoms. The van der Waals surface area contributed by atoms with Crippen LogP contribution in [0.1, 0.15) is 4.88 Å². The largest absolute Gasteiger partial charge is 0.391 e. The van der Waals surface area contributed by atoms with Crippen LogP contribution in [0, 0.1) is 0 Å². The van der Waals surface area contributed by atoms with E-state index in [9.17, 15) is 0 Å². The van der Waals surface area contributed by atoms with Gasteiger partial charge in [0.05, 0.1) is 16.4 Å². The maximum Gasteiger partial charge on any atom is 0.133 e. The first-order chi connectivity index (χ1) is 5.90. The highest BCUT2D eigenvalue weighted by Gasteiger charge is 2.03. The Bertz CT molecular complexity index is 353. The standard InChI is InChI=1S/C8H7NOS2/c10-5-6-4-9-8(12-6)7-2-1-3-11-7/h1-4,10H,5H2. The molecule has 4 heteroatoms. The van der Waals surface area contributed by atoms with Crippen LogP contribution < -0.4 is 0 Å². The van der Waals surface area contributed by atoms with Gasteiger partial charge in [-0.05, 0) is 11.4 Å². The molecule has 2 aromatic heterocycles. The van der Waals surface area contributed by atoms with Crippen LogP contribution in [-0.4, -0.2) is 10.1 Å². The summed E-state index contributed by atoms with van der Waals surface area (Å²) in [6, 6.07) is 4.03. The van der Waals surface area contributed by atoms with E-state index in [-0.39, 0.29) is 6.61 Å². The fourth-order valence-corrected chi connectivity index (χ4v) is 2.47. The molecule has 0 aliphatic rings. The van der Waals surface area contributed by atoms with Crippen molar-refractivity contribution in [1.29, 1.82) is 0 Å². The number of aliphatic hydroxyl groups excluding tert-OH is 1. The first-order valence-corrected chi connectivity index (χ1v) is 5.19. The second-order valence-corrected chi connectivity index (χ2v) is 4.33. The predicted molar refractivity (Wildman–Crippen MR) is 51.3 cm³/mol. The van der Waals surface area contributed by atoms with Gasteiger partial charge < -0.3 is 5.11 Å². The summed E-state index contributed by atoms with van der Waals surface area (Å²) in [6.45, 7) is 0.0864. The van der Waals surface area contributed by atoms with Crippen LogP contribution in [0.4, 0.5) is 0 Å². The zero-order valence-corrected chi connectivity index (χ0v) is 7.86. The molecule has 0 atom stereocenters. The molecule has 2 aromatic rings. The van der Waals surface area contributed by atoms with Gasteiger partial charge in [-0.25, -0.2) is 4.98 Å². The van der Waals surface area contributed by atoms with Gasteiger partial charge in [0.1, 0.15) is 5.01 Å². The van der Waals surface area contributed by atoms with Gasteiger partial charge in [-0.3, -0.25) is 0 Å². The lowest BCUT2D eigenvalue weighted by Gasteiger charge is -1.85. The van der Waals surface area contributed by atoms with Crippen molar-refractivity contribution >= 4 is 22.7 Å². The summed E-state index contributed by atoms with van der Waals surface area (Å²) in [5.74, 6) is 0. The second kappa shape index (κ2) is 3.35. The molecule has 0 aromatic carbocycles. The lowest BCUT2D eigenvalue weighted by Crippen LogP contribution is -1.70. The van der Waals surface area contributed by atoms with Gasteiger partial charge in [-0.15, -0.1) is 22.7 Å². The van der Waals surface area contributed by atoms with Gasteiger partial charge in [-0.2, -0.15) is 0 Å². The number of aliphatic hydroxyl groups is 1. The van der Waals surface area contributed by atoms with Crippen LogP contribution in [0.2, 0.25) is 0 Å². The molecule has 2 nitrogen and oxygen atoms in total. The zero-order chi connectivity index (χ0) is 8.39. The topological polar surface area (TPSA) is 33.1 Å². The molecule has 0 bridgehead atoms. The van der Waals surface area contributed by atoms with Crippen molar-refractivity contribution in [3.05, 3.63) is 28.6 Å². The lowest BCUT2D eigenvalue weighted by molar-refractivity contribution is 0.285. The number of rotatable bonds is 2. The van der Waals surface area contributed by atoms with Crippen LogP contribution in [-0.2, 0) is 6.61 Å². The van der Waals surface area contributed by atoms with E-state index in [4.69, 9.17) is 5.11 Å². The van der Waals surface area contributed by atoms with Gasteiger partial charge in [0.2, 0.25) is 0 Å². The van der Waals surface area contributed by atoms with Gasteiger partial charge in [0.15, 0.2) is 0 Å². The highest BCUT2D eigenvalue weighted by atomic mass is 32.1. The number of thiophene rings is 1. The number of hydrogen-bond acceptors (Lipinski definition) is 4. The Morgan fingerprint density at radius 3 is 3.00 bits per heavy atom. The zero-order valence-electron chi connectivity index (χ0n) is 6.23. The highest BCUT2D eigenvalue weighted by molar-refractivity contribution is 7.20. The van der Waals surface area contributed by atoms with E-state index in [2.05, 4.69) is 4.98 Å². The molecule has 1 N–H and O–H groups in total. The molecule has 2 rings (SSSR count). The molecule has 0 saturated carbocycles. The Morgan fingerprint density at radius 1 is 1.50 bits per heavy atom. The summed E-state index contributed by atoms with van der Waals surface area (Å²) in [5, 5.41) is 11.8. The van der Waals surface area contributed by atoms with Crippen molar-refractivity contribution in [2.45, 2.75) is 6.61 Å². The summed E-state index contributed by atoms with van der Waals surface area (Å²) in [4.78, 5) is 6.28. The smallest absolute Gasteiger partial charge is 0.133 e. The molecule has 0 aliphatic carbocycles. The Labute approximate surface area is 78.1 Å². The van der Waals surface area contributed by atoms with Crippen LogP contribution in [0.5, 0.6) is 0 Å². The minimum atomic E-state index is 0.0864. The van der Waals surface area contributed by atoms with Crippen molar-refractivity contribution in [2.24, 2.45) is 0 Å². The minimum Gasteiger partial charge on any atom is -0.391 e. The average Bonchev–Trinajstić information content (AvgIpc) is 2.75. The van der Waals surface area contributed by atoms with E-state index in [0.717, 1.165) is 9.88 Å². The first-order valence-electron chi connectivity index (χ1n) is 3.49. The minimum absolute atomic E-state index is 0.0864. The quantitative estimate of drug-likeness (QED) is 0.801. The third-order valence-corrected chi connectivity index (χ3v) is 3.46. The van der Waals surface area contributed by atoms with Crippen LogP contribution >= 0.6 is 22.7 Å². The SMILES string of the molecule is OCc1cnc(-c2cccs2)s1. The van der Waals surface area contributed by atoms with E-state index in [1.807, 2.05) is 17.5 Å². The van der Waals surface area contributed by atoms with Crippen molar-refractivity contribution in [2.75, 3.05) is 0 Å².